The van der Waals surface area contributed by atoms with E-state index in [1.807, 2.05) is 69.3 Å². The lowest BCUT2D eigenvalue weighted by Gasteiger charge is -2.08. The number of anilines is 1. The number of hydrogen-bond acceptors (Lipinski definition) is 6. The predicted molar refractivity (Wildman–Crippen MR) is 132 cm³/mol. The van der Waals surface area contributed by atoms with Gasteiger partial charge in [0.25, 0.3) is 5.91 Å². The van der Waals surface area contributed by atoms with Crippen LogP contribution in [0.5, 0.6) is 0 Å². The lowest BCUT2D eigenvalue weighted by molar-refractivity contribution is 0.0757. The zero-order valence-corrected chi connectivity index (χ0v) is 19.1. The average Bonchev–Trinajstić information content (AvgIpc) is 3.06. The van der Waals surface area contributed by atoms with Crippen LogP contribution in [0.1, 0.15) is 41.8 Å². The molecule has 0 fully saturated rings. The molecule has 8 nitrogen and oxygen atoms in total. The van der Waals surface area contributed by atoms with Crippen molar-refractivity contribution in [2.75, 3.05) is 18.9 Å². The molecule has 8 heteroatoms. The Hall–Kier alpha value is -3.78. The third-order valence-electron chi connectivity index (χ3n) is 5.16. The van der Waals surface area contributed by atoms with Gasteiger partial charge in [0.05, 0.1) is 23.4 Å². The number of amides is 1. The number of para-hydroxylation sites is 2. The molecule has 0 aliphatic rings. The maximum absolute atomic E-state index is 13.1. The van der Waals surface area contributed by atoms with Crippen molar-refractivity contribution in [1.29, 1.82) is 0 Å². The number of ether oxygens (including phenoxy) is 1. The number of rotatable bonds is 8. The topological polar surface area (TPSA) is 107 Å². The van der Waals surface area contributed by atoms with Gasteiger partial charge in [-0.25, -0.2) is 9.97 Å². The number of fused-ring (bicyclic) bond motifs is 2. The second kappa shape index (κ2) is 9.79. The van der Waals surface area contributed by atoms with Crippen LogP contribution in [0.3, 0.4) is 0 Å². The van der Waals surface area contributed by atoms with Gasteiger partial charge in [-0.2, -0.15) is 9.78 Å². The van der Waals surface area contributed by atoms with Crippen LogP contribution >= 0.6 is 0 Å². The molecule has 2 heterocycles. The Labute approximate surface area is 192 Å². The first kappa shape index (κ1) is 22.4. The zero-order valence-electron chi connectivity index (χ0n) is 19.1. The Morgan fingerprint density at radius 3 is 2.55 bits per heavy atom. The number of hydrogen-bond donors (Lipinski definition) is 2. The molecule has 3 N–H and O–H groups in total. The maximum Gasteiger partial charge on any atom is 0.257 e. The second-order valence-electron chi connectivity index (χ2n) is 8.14. The summed E-state index contributed by atoms with van der Waals surface area (Å²) >= 11 is 0. The number of carbonyl (C=O) groups excluding carboxylic acids is 1. The minimum Gasteiger partial charge on any atom is -0.383 e. The van der Waals surface area contributed by atoms with Crippen molar-refractivity contribution in [2.24, 2.45) is 5.10 Å². The summed E-state index contributed by atoms with van der Waals surface area (Å²) in [4.78, 5) is 22.5. The molecule has 0 saturated heterocycles. The first-order valence-corrected chi connectivity index (χ1v) is 11.0. The van der Waals surface area contributed by atoms with Crippen molar-refractivity contribution in [3.63, 3.8) is 0 Å². The van der Waals surface area contributed by atoms with Crippen LogP contribution in [0.4, 0.5) is 5.82 Å². The lowest BCUT2D eigenvalue weighted by atomic mass is 10.2. The van der Waals surface area contributed by atoms with E-state index in [0.29, 0.717) is 41.8 Å². The van der Waals surface area contributed by atoms with Crippen molar-refractivity contribution < 1.29 is 9.53 Å². The number of carbonyl (C=O) groups is 1. The van der Waals surface area contributed by atoms with Crippen molar-refractivity contribution in [2.45, 2.75) is 33.3 Å². The molecule has 0 bridgehead atoms. The van der Waals surface area contributed by atoms with Crippen LogP contribution < -0.4 is 11.1 Å². The summed E-state index contributed by atoms with van der Waals surface area (Å²) in [5.41, 5.74) is 11.0. The van der Waals surface area contributed by atoms with Gasteiger partial charge < -0.3 is 15.8 Å². The summed E-state index contributed by atoms with van der Waals surface area (Å²) in [6.07, 6.45) is 2.55. The first-order valence-electron chi connectivity index (χ1n) is 11.0. The van der Waals surface area contributed by atoms with E-state index in [2.05, 4.69) is 10.4 Å². The molecule has 0 atom stereocenters. The highest BCUT2D eigenvalue weighted by molar-refractivity contribution is 6.10. The lowest BCUT2D eigenvalue weighted by Crippen LogP contribution is -2.26. The van der Waals surface area contributed by atoms with Crippen LogP contribution in [0.2, 0.25) is 0 Å². The summed E-state index contributed by atoms with van der Waals surface area (Å²) in [5.74, 6) is -0.115. The highest BCUT2D eigenvalue weighted by Gasteiger charge is 2.23. The van der Waals surface area contributed by atoms with Crippen molar-refractivity contribution >= 4 is 40.1 Å². The molecule has 1 amide bonds. The Balaban J connectivity index is 1.71. The molecule has 170 valence electrons. The third kappa shape index (κ3) is 5.01. The number of nitrogens with two attached hydrogens (primary N) is 1. The van der Waals surface area contributed by atoms with Crippen LogP contribution in [0.15, 0.2) is 53.6 Å². The average molecular weight is 445 g/mol. The Bertz CT molecular complexity index is 1310. The molecule has 0 aliphatic carbocycles. The van der Waals surface area contributed by atoms with Gasteiger partial charge in [-0.05, 0) is 44.9 Å². The Morgan fingerprint density at radius 1 is 1.15 bits per heavy atom. The quantitative estimate of drug-likeness (QED) is 0.317. The Kier molecular flexibility index (Phi) is 6.65. The summed E-state index contributed by atoms with van der Waals surface area (Å²) in [6.45, 7) is 7.02. The largest absolute Gasteiger partial charge is 0.383 e. The number of nitrogens with one attached hydrogen (secondary N) is 1. The molecule has 4 aromatic rings. The van der Waals surface area contributed by atoms with E-state index < -0.39 is 0 Å². The number of benzene rings is 2. The van der Waals surface area contributed by atoms with Crippen molar-refractivity contribution in [3.8, 4) is 0 Å². The molecule has 0 unspecified atom stereocenters. The fourth-order valence-corrected chi connectivity index (χ4v) is 3.45. The van der Waals surface area contributed by atoms with Gasteiger partial charge in [-0.1, -0.05) is 42.0 Å². The van der Waals surface area contributed by atoms with Gasteiger partial charge in [-0.3, -0.25) is 4.79 Å². The fraction of sp³-hybridized carbons (Fsp3) is 0.280. The van der Waals surface area contributed by atoms with Crippen molar-refractivity contribution in [1.82, 2.24) is 20.0 Å². The number of nitrogens with zero attached hydrogens (tertiary/aromatic N) is 4. The molecular formula is C25H28N6O2. The maximum atomic E-state index is 13.1. The van der Waals surface area contributed by atoms with E-state index in [4.69, 9.17) is 20.4 Å². The van der Waals surface area contributed by atoms with Gasteiger partial charge in [0.2, 0.25) is 0 Å². The van der Waals surface area contributed by atoms with Gasteiger partial charge in [-0.15, -0.1) is 0 Å². The van der Waals surface area contributed by atoms with Crippen LogP contribution in [0, 0.1) is 6.92 Å². The number of aryl methyl sites for hydroxylation is 1. The monoisotopic (exact) mass is 444 g/mol. The summed E-state index contributed by atoms with van der Waals surface area (Å²) in [7, 11) is 0. The van der Waals surface area contributed by atoms with Crippen LogP contribution in [-0.2, 0) is 4.74 Å². The van der Waals surface area contributed by atoms with Crippen LogP contribution in [-0.4, -0.2) is 46.0 Å². The van der Waals surface area contributed by atoms with E-state index in [1.54, 1.807) is 6.21 Å². The van der Waals surface area contributed by atoms with Gasteiger partial charge in [0, 0.05) is 13.2 Å². The minimum atomic E-state index is -0.309. The van der Waals surface area contributed by atoms with Crippen LogP contribution in [0.25, 0.3) is 22.2 Å². The molecule has 0 spiro atoms. The standard InChI is InChI=1S/C25H28N6O2/c1-16(2)33-14-6-13-27-25(32)21-22-24(30-20-8-5-4-7-19(20)29-22)31(23(21)26)28-15-18-11-9-17(3)10-12-18/h4-5,7-12,15-16H,6,13-14,26H2,1-3H3,(H,27,32)/b28-15+. The molecule has 0 saturated carbocycles. The highest BCUT2D eigenvalue weighted by atomic mass is 16.5. The second-order valence-corrected chi connectivity index (χ2v) is 8.14. The third-order valence-corrected chi connectivity index (χ3v) is 5.16. The van der Waals surface area contributed by atoms with E-state index in [-0.39, 0.29) is 23.4 Å². The first-order chi connectivity index (χ1) is 15.9. The SMILES string of the molecule is Cc1ccc(/C=N/n2c(N)c(C(=O)NCCCOC(C)C)c3nc4ccccc4nc32)cc1. The van der Waals surface area contributed by atoms with Gasteiger partial charge in [0.1, 0.15) is 16.9 Å². The molecule has 0 radical (unpaired) electrons. The Morgan fingerprint density at radius 2 is 1.85 bits per heavy atom. The number of nitrogen functional groups attached to an aromatic ring is 1. The molecule has 33 heavy (non-hydrogen) atoms. The smallest absolute Gasteiger partial charge is 0.257 e. The molecule has 4 rings (SSSR count). The molecule has 2 aromatic carbocycles. The van der Waals surface area contributed by atoms with Crippen molar-refractivity contribution in [3.05, 3.63) is 65.2 Å². The van der Waals surface area contributed by atoms with E-state index in [9.17, 15) is 4.79 Å². The summed E-state index contributed by atoms with van der Waals surface area (Å²) < 4.78 is 7.01. The number of aromatic nitrogens is 3. The minimum absolute atomic E-state index is 0.157. The van der Waals surface area contributed by atoms with E-state index in [0.717, 1.165) is 11.1 Å². The van der Waals surface area contributed by atoms with E-state index >= 15 is 0 Å². The normalized spacial score (nSPS) is 11.8. The highest BCUT2D eigenvalue weighted by Crippen LogP contribution is 2.27. The van der Waals surface area contributed by atoms with E-state index in [1.165, 1.54) is 4.68 Å². The molecule has 2 aromatic heterocycles. The summed E-state index contributed by atoms with van der Waals surface area (Å²) in [6, 6.07) is 15.4. The fourth-order valence-electron chi connectivity index (χ4n) is 3.45. The zero-order chi connectivity index (χ0) is 23.4. The summed E-state index contributed by atoms with van der Waals surface area (Å²) in [5, 5.41) is 7.45. The van der Waals surface area contributed by atoms with Gasteiger partial charge >= 0.3 is 0 Å². The predicted octanol–water partition coefficient (Wildman–Crippen LogP) is 3.90. The molecular weight excluding hydrogens is 416 g/mol. The van der Waals surface area contributed by atoms with Gasteiger partial charge in [0.15, 0.2) is 5.65 Å². The molecule has 0 aliphatic heterocycles.